The monoisotopic (exact) mass is 344 g/mol. The number of hydrogen-bond donors (Lipinski definition) is 1. The molecule has 0 aromatic carbocycles. The maximum atomic E-state index is 13.6. The molecule has 0 amide bonds. The molecule has 0 spiro atoms. The first-order valence-corrected chi connectivity index (χ1v) is 9.88. The largest absolute Gasteiger partial charge is 0.393 e. The molecule has 4 aliphatic carbocycles. The highest BCUT2D eigenvalue weighted by Crippen LogP contribution is 2.67. The van der Waals surface area contributed by atoms with Crippen LogP contribution >= 0.6 is 0 Å². The standard InChI is InChI=1S/C21H28O4/c1-10-14-9-15(23)16-13-5-4-11-8-12(22)6-7-20(11,2)17(13)18(24)19(25-10)21(14,16)3/h4,10,12-14,16-17,19,22H,5-9H2,1-3H3/t10-,12-,13-,14-,16-,17+,19-,20-,21+/m0/s1. The van der Waals surface area contributed by atoms with E-state index in [0.717, 1.165) is 19.3 Å². The smallest absolute Gasteiger partial charge is 0.166 e. The number of fused-ring (bicyclic) bond motifs is 4. The van der Waals surface area contributed by atoms with Crippen LogP contribution in [0.25, 0.3) is 0 Å². The van der Waals surface area contributed by atoms with E-state index in [9.17, 15) is 14.7 Å². The topological polar surface area (TPSA) is 63.6 Å². The molecule has 1 saturated heterocycles. The normalized spacial score (nSPS) is 57.0. The van der Waals surface area contributed by atoms with Gasteiger partial charge in [-0.05, 0) is 43.9 Å². The number of ketones is 2. The first-order valence-electron chi connectivity index (χ1n) is 9.88. The van der Waals surface area contributed by atoms with Crippen LogP contribution in [0.5, 0.6) is 0 Å². The second kappa shape index (κ2) is 4.83. The summed E-state index contributed by atoms with van der Waals surface area (Å²) in [6.07, 6.45) is 5.14. The Kier molecular flexibility index (Phi) is 3.13. The number of aliphatic hydroxyl groups is 1. The van der Waals surface area contributed by atoms with Crippen LogP contribution in [0.3, 0.4) is 0 Å². The summed E-state index contributed by atoms with van der Waals surface area (Å²) in [7, 11) is 0. The van der Waals surface area contributed by atoms with Crippen LogP contribution in [-0.2, 0) is 14.3 Å². The van der Waals surface area contributed by atoms with Crippen molar-refractivity contribution in [2.45, 2.75) is 71.2 Å². The Morgan fingerprint density at radius 2 is 1.96 bits per heavy atom. The van der Waals surface area contributed by atoms with Crippen molar-refractivity contribution in [1.29, 1.82) is 0 Å². The van der Waals surface area contributed by atoms with Crippen molar-refractivity contribution in [3.63, 3.8) is 0 Å². The predicted octanol–water partition coefficient (Wildman–Crippen LogP) is 2.68. The van der Waals surface area contributed by atoms with Gasteiger partial charge in [0.2, 0.25) is 0 Å². The Hall–Kier alpha value is -1.00. The SMILES string of the molecule is C[C@@H]1O[C@H]2C(=O)[C@H]3[C@@H](CC=C4C[C@@H](O)CC[C@@]43C)[C@H]3C(=O)C[C@@H]1[C@]32C. The summed E-state index contributed by atoms with van der Waals surface area (Å²) in [6.45, 7) is 6.36. The van der Waals surface area contributed by atoms with Crippen molar-refractivity contribution in [3.05, 3.63) is 11.6 Å². The Morgan fingerprint density at radius 1 is 1.20 bits per heavy atom. The molecule has 25 heavy (non-hydrogen) atoms. The molecule has 1 heterocycles. The lowest BCUT2D eigenvalue weighted by Gasteiger charge is -2.56. The molecule has 4 heteroatoms. The third-order valence-electron chi connectivity index (χ3n) is 8.65. The molecule has 4 nitrogen and oxygen atoms in total. The van der Waals surface area contributed by atoms with Crippen molar-refractivity contribution in [1.82, 2.24) is 0 Å². The van der Waals surface area contributed by atoms with E-state index in [2.05, 4.69) is 19.9 Å². The average Bonchev–Trinajstić information content (AvgIpc) is 2.96. The lowest BCUT2D eigenvalue weighted by Crippen LogP contribution is -2.60. The third-order valence-corrected chi connectivity index (χ3v) is 8.65. The number of carbonyl (C=O) groups is 2. The molecule has 5 rings (SSSR count). The zero-order valence-corrected chi connectivity index (χ0v) is 15.3. The van der Waals surface area contributed by atoms with E-state index in [1.165, 1.54) is 5.57 Å². The van der Waals surface area contributed by atoms with Crippen LogP contribution in [0.1, 0.15) is 52.9 Å². The van der Waals surface area contributed by atoms with Gasteiger partial charge < -0.3 is 9.84 Å². The quantitative estimate of drug-likeness (QED) is 0.686. The molecule has 0 aromatic rings. The Labute approximate surface area is 149 Å². The van der Waals surface area contributed by atoms with Gasteiger partial charge in [-0.25, -0.2) is 0 Å². The molecular formula is C21H28O4. The Balaban J connectivity index is 1.64. The molecule has 0 radical (unpaired) electrons. The van der Waals surface area contributed by atoms with Crippen LogP contribution in [0.15, 0.2) is 11.6 Å². The van der Waals surface area contributed by atoms with Gasteiger partial charge in [0, 0.05) is 29.6 Å². The van der Waals surface area contributed by atoms with Gasteiger partial charge in [0.1, 0.15) is 11.9 Å². The summed E-state index contributed by atoms with van der Waals surface area (Å²) in [5.74, 6) is 0.715. The highest BCUT2D eigenvalue weighted by atomic mass is 16.5. The van der Waals surface area contributed by atoms with E-state index in [1.807, 2.05) is 6.92 Å². The Morgan fingerprint density at radius 3 is 2.72 bits per heavy atom. The molecule has 0 aromatic heterocycles. The minimum atomic E-state index is -0.423. The molecule has 5 aliphatic rings. The molecule has 1 aliphatic heterocycles. The van der Waals surface area contributed by atoms with Crippen LogP contribution in [0.2, 0.25) is 0 Å². The fraction of sp³-hybridized carbons (Fsp3) is 0.810. The molecule has 0 bridgehead atoms. The first kappa shape index (κ1) is 16.2. The van der Waals surface area contributed by atoms with E-state index >= 15 is 0 Å². The molecule has 136 valence electrons. The summed E-state index contributed by atoms with van der Waals surface area (Å²) >= 11 is 0. The van der Waals surface area contributed by atoms with Gasteiger partial charge in [0.25, 0.3) is 0 Å². The van der Waals surface area contributed by atoms with E-state index in [-0.39, 0.29) is 52.5 Å². The minimum absolute atomic E-state index is 0.0125. The zero-order chi connectivity index (χ0) is 17.7. The molecule has 9 atom stereocenters. The molecule has 1 N–H and O–H groups in total. The highest BCUT2D eigenvalue weighted by molar-refractivity contribution is 5.96. The number of ether oxygens (including phenoxy) is 1. The summed E-state index contributed by atoms with van der Waals surface area (Å²) in [5, 5.41) is 10.1. The van der Waals surface area contributed by atoms with Crippen molar-refractivity contribution in [3.8, 4) is 0 Å². The number of allylic oxidation sites excluding steroid dienone is 1. The van der Waals surface area contributed by atoms with Crippen molar-refractivity contribution < 1.29 is 19.4 Å². The number of Topliss-reactive ketones (excluding diaryl/α,β-unsaturated/α-hetero) is 2. The predicted molar refractivity (Wildman–Crippen MR) is 91.7 cm³/mol. The second-order valence-electron chi connectivity index (χ2n) is 9.66. The van der Waals surface area contributed by atoms with Crippen LogP contribution in [0.4, 0.5) is 0 Å². The van der Waals surface area contributed by atoms with Gasteiger partial charge in [-0.15, -0.1) is 0 Å². The Bertz CT molecular complexity index is 696. The molecule has 3 saturated carbocycles. The van der Waals surface area contributed by atoms with Gasteiger partial charge in [0.05, 0.1) is 12.2 Å². The average molecular weight is 344 g/mol. The maximum absolute atomic E-state index is 13.6. The summed E-state index contributed by atoms with van der Waals surface area (Å²) < 4.78 is 6.19. The number of carbonyl (C=O) groups excluding carboxylic acids is 2. The number of rotatable bonds is 0. The molecule has 0 unspecified atom stereocenters. The van der Waals surface area contributed by atoms with Crippen molar-refractivity contribution >= 4 is 11.6 Å². The van der Waals surface area contributed by atoms with Crippen molar-refractivity contribution in [2.75, 3.05) is 0 Å². The van der Waals surface area contributed by atoms with Gasteiger partial charge in [-0.3, -0.25) is 9.59 Å². The fourth-order valence-electron chi connectivity index (χ4n) is 7.49. The van der Waals surface area contributed by atoms with Gasteiger partial charge >= 0.3 is 0 Å². The zero-order valence-electron chi connectivity index (χ0n) is 15.3. The van der Waals surface area contributed by atoms with Crippen LogP contribution in [-0.4, -0.2) is 35.0 Å². The van der Waals surface area contributed by atoms with E-state index in [0.29, 0.717) is 18.6 Å². The van der Waals surface area contributed by atoms with Gasteiger partial charge in [0.15, 0.2) is 5.78 Å². The summed E-state index contributed by atoms with van der Waals surface area (Å²) in [4.78, 5) is 26.6. The highest BCUT2D eigenvalue weighted by Gasteiger charge is 2.72. The van der Waals surface area contributed by atoms with Crippen LogP contribution in [0, 0.1) is 34.5 Å². The number of aliphatic hydroxyl groups excluding tert-OH is 1. The lowest BCUT2D eigenvalue weighted by molar-refractivity contribution is -0.163. The molecule has 4 fully saturated rings. The number of hydrogen-bond acceptors (Lipinski definition) is 4. The van der Waals surface area contributed by atoms with E-state index in [1.54, 1.807) is 0 Å². The summed E-state index contributed by atoms with van der Waals surface area (Å²) in [6, 6.07) is 0. The fourth-order valence-corrected chi connectivity index (χ4v) is 7.49. The minimum Gasteiger partial charge on any atom is -0.393 e. The van der Waals surface area contributed by atoms with E-state index < -0.39 is 6.10 Å². The second-order valence-corrected chi connectivity index (χ2v) is 9.66. The summed E-state index contributed by atoms with van der Waals surface area (Å²) in [5.41, 5.74) is 0.705. The maximum Gasteiger partial charge on any atom is 0.166 e. The third kappa shape index (κ3) is 1.76. The van der Waals surface area contributed by atoms with Gasteiger partial charge in [-0.2, -0.15) is 0 Å². The van der Waals surface area contributed by atoms with E-state index in [4.69, 9.17) is 4.74 Å². The van der Waals surface area contributed by atoms with Crippen LogP contribution < -0.4 is 0 Å². The lowest BCUT2D eigenvalue weighted by atomic mass is 9.46. The van der Waals surface area contributed by atoms with Gasteiger partial charge in [-0.1, -0.05) is 25.5 Å². The first-order chi connectivity index (χ1) is 11.8. The van der Waals surface area contributed by atoms with Crippen molar-refractivity contribution in [2.24, 2.45) is 34.5 Å². The molecular weight excluding hydrogens is 316 g/mol.